The Labute approximate surface area is 101 Å². The van der Waals surface area contributed by atoms with Crippen LogP contribution in [0.1, 0.15) is 58.8 Å². The molecule has 2 fully saturated rings. The fourth-order valence-corrected chi connectivity index (χ4v) is 4.36. The average Bonchev–Trinajstić information content (AvgIpc) is 2.70. The first-order valence-corrected chi connectivity index (χ1v) is 7.43. The Hall–Kier alpha value is -0.0400. The van der Waals surface area contributed by atoms with Crippen LogP contribution in [0.15, 0.2) is 0 Å². The molecular formula is C15H29N. The maximum atomic E-state index is 3.51. The summed E-state index contributed by atoms with van der Waals surface area (Å²) in [5.41, 5.74) is 0. The van der Waals surface area contributed by atoms with Crippen LogP contribution in [0.4, 0.5) is 0 Å². The summed E-state index contributed by atoms with van der Waals surface area (Å²) in [4.78, 5) is 0. The second-order valence-corrected chi connectivity index (χ2v) is 6.20. The Bertz CT molecular complexity index is 213. The van der Waals surface area contributed by atoms with Gasteiger partial charge in [0.05, 0.1) is 0 Å². The molecule has 0 aromatic heterocycles. The third-order valence-corrected chi connectivity index (χ3v) is 5.50. The standard InChI is InChI=1S/C15H29N/c1-4-12-6-5-7-13(10-12)14-8-9-15(16-3)11(14)2/h11-16H,4-10H2,1-3H3. The van der Waals surface area contributed by atoms with Crippen LogP contribution in [-0.2, 0) is 0 Å². The summed E-state index contributed by atoms with van der Waals surface area (Å²) in [5, 5.41) is 3.51. The Balaban J connectivity index is 1.92. The molecule has 0 amide bonds. The maximum absolute atomic E-state index is 3.51. The first-order valence-electron chi connectivity index (χ1n) is 7.43. The molecule has 16 heavy (non-hydrogen) atoms. The molecule has 94 valence electrons. The number of nitrogens with one attached hydrogen (secondary N) is 1. The van der Waals surface area contributed by atoms with Crippen LogP contribution < -0.4 is 5.32 Å². The quantitative estimate of drug-likeness (QED) is 0.766. The fourth-order valence-electron chi connectivity index (χ4n) is 4.36. The highest BCUT2D eigenvalue weighted by atomic mass is 14.9. The van der Waals surface area contributed by atoms with Gasteiger partial charge in [-0.2, -0.15) is 0 Å². The summed E-state index contributed by atoms with van der Waals surface area (Å²) >= 11 is 0. The molecule has 5 atom stereocenters. The van der Waals surface area contributed by atoms with Crippen LogP contribution in [-0.4, -0.2) is 13.1 Å². The van der Waals surface area contributed by atoms with Crippen molar-refractivity contribution in [3.63, 3.8) is 0 Å². The van der Waals surface area contributed by atoms with E-state index in [9.17, 15) is 0 Å². The van der Waals surface area contributed by atoms with Crippen molar-refractivity contribution >= 4 is 0 Å². The van der Waals surface area contributed by atoms with Gasteiger partial charge in [-0.3, -0.25) is 0 Å². The fraction of sp³-hybridized carbons (Fsp3) is 1.00. The number of rotatable bonds is 3. The zero-order valence-electron chi connectivity index (χ0n) is 11.3. The van der Waals surface area contributed by atoms with Crippen molar-refractivity contribution in [1.82, 2.24) is 5.32 Å². The second kappa shape index (κ2) is 5.53. The predicted molar refractivity (Wildman–Crippen MR) is 70.5 cm³/mol. The molecule has 5 unspecified atom stereocenters. The molecule has 0 aromatic rings. The summed E-state index contributed by atoms with van der Waals surface area (Å²) in [6.45, 7) is 4.86. The van der Waals surface area contributed by atoms with Crippen molar-refractivity contribution in [3.05, 3.63) is 0 Å². The third kappa shape index (κ3) is 2.45. The summed E-state index contributed by atoms with van der Waals surface area (Å²) in [6, 6.07) is 0.798. The van der Waals surface area contributed by atoms with Gasteiger partial charge in [0, 0.05) is 6.04 Å². The van der Waals surface area contributed by atoms with E-state index in [1.165, 1.54) is 44.9 Å². The molecule has 2 aliphatic carbocycles. The van der Waals surface area contributed by atoms with Crippen molar-refractivity contribution in [2.75, 3.05) is 7.05 Å². The minimum Gasteiger partial charge on any atom is -0.317 e. The molecule has 1 nitrogen and oxygen atoms in total. The summed E-state index contributed by atoms with van der Waals surface area (Å²) in [6.07, 6.45) is 10.3. The predicted octanol–water partition coefficient (Wildman–Crippen LogP) is 3.84. The highest BCUT2D eigenvalue weighted by Gasteiger charge is 2.38. The van der Waals surface area contributed by atoms with Gasteiger partial charge in [-0.15, -0.1) is 0 Å². The van der Waals surface area contributed by atoms with Crippen molar-refractivity contribution in [1.29, 1.82) is 0 Å². The molecule has 0 radical (unpaired) electrons. The van der Waals surface area contributed by atoms with E-state index in [0.29, 0.717) is 0 Å². The molecule has 0 bridgehead atoms. The van der Waals surface area contributed by atoms with Gasteiger partial charge in [-0.25, -0.2) is 0 Å². The Morgan fingerprint density at radius 1 is 1.12 bits per heavy atom. The molecule has 0 heterocycles. The third-order valence-electron chi connectivity index (χ3n) is 5.50. The van der Waals surface area contributed by atoms with Gasteiger partial charge in [0.1, 0.15) is 0 Å². The second-order valence-electron chi connectivity index (χ2n) is 6.20. The maximum Gasteiger partial charge on any atom is 0.00925 e. The topological polar surface area (TPSA) is 12.0 Å². The van der Waals surface area contributed by atoms with Crippen LogP contribution in [0.3, 0.4) is 0 Å². The Morgan fingerprint density at radius 3 is 2.56 bits per heavy atom. The van der Waals surface area contributed by atoms with Gasteiger partial charge in [-0.05, 0) is 50.0 Å². The lowest BCUT2D eigenvalue weighted by molar-refractivity contribution is 0.160. The van der Waals surface area contributed by atoms with E-state index in [4.69, 9.17) is 0 Å². The van der Waals surface area contributed by atoms with Crippen LogP contribution in [0, 0.1) is 23.7 Å². The van der Waals surface area contributed by atoms with Crippen molar-refractivity contribution in [2.24, 2.45) is 23.7 Å². The van der Waals surface area contributed by atoms with E-state index in [0.717, 1.165) is 29.7 Å². The van der Waals surface area contributed by atoms with Crippen LogP contribution in [0.25, 0.3) is 0 Å². The van der Waals surface area contributed by atoms with Crippen molar-refractivity contribution in [3.8, 4) is 0 Å². The van der Waals surface area contributed by atoms with Gasteiger partial charge in [0.25, 0.3) is 0 Å². The highest BCUT2D eigenvalue weighted by molar-refractivity contribution is 4.91. The van der Waals surface area contributed by atoms with Crippen molar-refractivity contribution in [2.45, 2.75) is 64.8 Å². The van der Waals surface area contributed by atoms with Crippen LogP contribution in [0.2, 0.25) is 0 Å². The summed E-state index contributed by atoms with van der Waals surface area (Å²) < 4.78 is 0. The minimum absolute atomic E-state index is 0.798. The van der Waals surface area contributed by atoms with E-state index < -0.39 is 0 Å². The Morgan fingerprint density at radius 2 is 1.94 bits per heavy atom. The van der Waals surface area contributed by atoms with Gasteiger partial charge in [0.2, 0.25) is 0 Å². The normalized spacial score (nSPS) is 44.8. The first kappa shape index (κ1) is 12.4. The highest BCUT2D eigenvalue weighted by Crippen LogP contribution is 2.44. The summed E-state index contributed by atoms with van der Waals surface area (Å²) in [7, 11) is 2.14. The van der Waals surface area contributed by atoms with Gasteiger partial charge in [0.15, 0.2) is 0 Å². The Kier molecular flexibility index (Phi) is 4.29. The zero-order chi connectivity index (χ0) is 11.5. The zero-order valence-corrected chi connectivity index (χ0v) is 11.3. The van der Waals surface area contributed by atoms with E-state index in [1.54, 1.807) is 0 Å². The molecule has 2 rings (SSSR count). The SMILES string of the molecule is CCC1CCCC(C2CCC(NC)C2C)C1. The molecule has 1 N–H and O–H groups in total. The van der Waals surface area contributed by atoms with Crippen molar-refractivity contribution < 1.29 is 0 Å². The average molecular weight is 223 g/mol. The molecular weight excluding hydrogens is 194 g/mol. The van der Waals surface area contributed by atoms with Crippen LogP contribution in [0.5, 0.6) is 0 Å². The lowest BCUT2D eigenvalue weighted by Gasteiger charge is -2.35. The lowest BCUT2D eigenvalue weighted by Crippen LogP contribution is -2.32. The molecule has 1 heteroatoms. The number of hydrogen-bond acceptors (Lipinski definition) is 1. The molecule has 0 saturated heterocycles. The molecule has 0 aliphatic heterocycles. The largest absolute Gasteiger partial charge is 0.317 e. The van der Waals surface area contributed by atoms with Gasteiger partial charge < -0.3 is 5.32 Å². The molecule has 0 aromatic carbocycles. The van der Waals surface area contributed by atoms with E-state index >= 15 is 0 Å². The van der Waals surface area contributed by atoms with Gasteiger partial charge in [-0.1, -0.05) is 39.5 Å². The monoisotopic (exact) mass is 223 g/mol. The minimum atomic E-state index is 0.798. The number of hydrogen-bond donors (Lipinski definition) is 1. The lowest BCUT2D eigenvalue weighted by atomic mass is 9.71. The molecule has 0 spiro atoms. The molecule has 2 aliphatic rings. The molecule has 2 saturated carbocycles. The summed E-state index contributed by atoms with van der Waals surface area (Å²) in [5.74, 6) is 4.02. The van der Waals surface area contributed by atoms with E-state index in [-0.39, 0.29) is 0 Å². The van der Waals surface area contributed by atoms with Gasteiger partial charge >= 0.3 is 0 Å². The van der Waals surface area contributed by atoms with E-state index in [1.807, 2.05) is 0 Å². The first-order chi connectivity index (χ1) is 7.76. The van der Waals surface area contributed by atoms with Crippen LogP contribution >= 0.6 is 0 Å². The van der Waals surface area contributed by atoms with E-state index in [2.05, 4.69) is 26.2 Å². The smallest absolute Gasteiger partial charge is 0.00925 e.